The predicted molar refractivity (Wildman–Crippen MR) is 132 cm³/mol. The monoisotopic (exact) mass is 464 g/mol. The quantitative estimate of drug-likeness (QED) is 0.535. The number of carbonyl (C=O) groups is 2. The molecule has 0 saturated carbocycles. The summed E-state index contributed by atoms with van der Waals surface area (Å²) in [5.41, 5.74) is 8.52. The van der Waals surface area contributed by atoms with Crippen LogP contribution in [0.3, 0.4) is 0 Å². The molecule has 2 aromatic carbocycles. The number of hydrogen-bond acceptors (Lipinski definition) is 6. The zero-order valence-corrected chi connectivity index (χ0v) is 19.6. The van der Waals surface area contributed by atoms with Crippen molar-refractivity contribution in [1.82, 2.24) is 4.98 Å². The number of benzene rings is 2. The summed E-state index contributed by atoms with van der Waals surface area (Å²) in [6, 6.07) is 15.4. The lowest BCUT2D eigenvalue weighted by Crippen LogP contribution is -2.38. The summed E-state index contributed by atoms with van der Waals surface area (Å²) in [4.78, 5) is 30.8. The van der Waals surface area contributed by atoms with E-state index in [2.05, 4.69) is 15.2 Å². The number of nitrogens with one attached hydrogen (secondary N) is 1. The standard InChI is InChI=1S/C25H28N4O3S/c1-16(2)32-21-9-3-18(4-10-21)25-28-22(15-33-25)24(31)27-19-5-7-20(8-6-19)29-13-11-17(12-14-29)23(26)30/h3-10,15-17H,11-14H2,1-2H3,(H2,26,30)(H,27,31). The van der Waals surface area contributed by atoms with Crippen molar-refractivity contribution in [2.45, 2.75) is 32.8 Å². The third-order valence-corrected chi connectivity index (χ3v) is 6.49. The second kappa shape index (κ2) is 10.0. The van der Waals surface area contributed by atoms with E-state index >= 15 is 0 Å². The van der Waals surface area contributed by atoms with Crippen molar-refractivity contribution in [3.8, 4) is 16.3 Å². The molecule has 0 bridgehead atoms. The Hall–Kier alpha value is -3.39. The van der Waals surface area contributed by atoms with Gasteiger partial charge >= 0.3 is 0 Å². The van der Waals surface area contributed by atoms with Gasteiger partial charge in [-0.3, -0.25) is 9.59 Å². The van der Waals surface area contributed by atoms with Gasteiger partial charge in [-0.25, -0.2) is 4.98 Å². The highest BCUT2D eigenvalue weighted by atomic mass is 32.1. The highest BCUT2D eigenvalue weighted by molar-refractivity contribution is 7.13. The maximum Gasteiger partial charge on any atom is 0.275 e. The fourth-order valence-electron chi connectivity index (χ4n) is 3.83. The Balaban J connectivity index is 1.35. The van der Waals surface area contributed by atoms with Gasteiger partial charge in [0.05, 0.1) is 6.10 Å². The molecule has 0 aliphatic carbocycles. The molecule has 1 aliphatic heterocycles. The van der Waals surface area contributed by atoms with Crippen molar-refractivity contribution >= 4 is 34.5 Å². The number of anilines is 2. The van der Waals surface area contributed by atoms with Crippen LogP contribution in [0.5, 0.6) is 5.75 Å². The van der Waals surface area contributed by atoms with Crippen LogP contribution in [0.1, 0.15) is 37.2 Å². The van der Waals surface area contributed by atoms with Gasteiger partial charge in [-0.15, -0.1) is 11.3 Å². The minimum Gasteiger partial charge on any atom is -0.491 e. The van der Waals surface area contributed by atoms with Crippen LogP contribution in [0, 0.1) is 5.92 Å². The number of carbonyl (C=O) groups excluding carboxylic acids is 2. The highest BCUT2D eigenvalue weighted by Crippen LogP contribution is 2.27. The first-order valence-corrected chi connectivity index (χ1v) is 12.0. The maximum absolute atomic E-state index is 12.7. The first kappa shape index (κ1) is 22.8. The number of rotatable bonds is 7. The summed E-state index contributed by atoms with van der Waals surface area (Å²) in [6.07, 6.45) is 1.66. The smallest absolute Gasteiger partial charge is 0.275 e. The average Bonchev–Trinajstić information content (AvgIpc) is 3.30. The van der Waals surface area contributed by atoms with E-state index in [1.165, 1.54) is 11.3 Å². The lowest BCUT2D eigenvalue weighted by Gasteiger charge is -2.32. The molecule has 7 nitrogen and oxygen atoms in total. The van der Waals surface area contributed by atoms with Crippen molar-refractivity contribution in [2.75, 3.05) is 23.3 Å². The van der Waals surface area contributed by atoms with E-state index in [0.717, 1.165) is 47.9 Å². The van der Waals surface area contributed by atoms with Crippen molar-refractivity contribution in [1.29, 1.82) is 0 Å². The van der Waals surface area contributed by atoms with Crippen LogP contribution < -0.4 is 20.7 Å². The Morgan fingerprint density at radius 1 is 1.09 bits per heavy atom. The van der Waals surface area contributed by atoms with Gasteiger partial charge in [0.15, 0.2) is 0 Å². The molecule has 2 amide bonds. The number of aromatic nitrogens is 1. The average molecular weight is 465 g/mol. The van der Waals surface area contributed by atoms with Gasteiger partial charge in [0.25, 0.3) is 5.91 Å². The molecule has 8 heteroatoms. The van der Waals surface area contributed by atoms with Crippen molar-refractivity contribution in [3.05, 3.63) is 59.6 Å². The van der Waals surface area contributed by atoms with E-state index in [1.807, 2.05) is 62.4 Å². The summed E-state index contributed by atoms with van der Waals surface area (Å²) < 4.78 is 5.67. The van der Waals surface area contributed by atoms with Crippen LogP contribution in [0.4, 0.5) is 11.4 Å². The number of nitrogens with two attached hydrogens (primary N) is 1. The van der Waals surface area contributed by atoms with E-state index in [0.29, 0.717) is 11.4 Å². The topological polar surface area (TPSA) is 97.6 Å². The molecular weight excluding hydrogens is 436 g/mol. The molecule has 33 heavy (non-hydrogen) atoms. The number of primary amides is 1. The lowest BCUT2D eigenvalue weighted by molar-refractivity contribution is -0.122. The minimum atomic E-state index is -0.243. The van der Waals surface area contributed by atoms with E-state index in [4.69, 9.17) is 10.5 Å². The number of piperidine rings is 1. The van der Waals surface area contributed by atoms with Crippen LogP contribution in [0.25, 0.3) is 10.6 Å². The summed E-state index contributed by atoms with van der Waals surface area (Å²) in [5.74, 6) is 0.320. The fourth-order valence-corrected chi connectivity index (χ4v) is 4.64. The molecule has 1 aromatic heterocycles. The normalized spacial score (nSPS) is 14.3. The molecule has 0 radical (unpaired) electrons. The first-order chi connectivity index (χ1) is 15.9. The van der Waals surface area contributed by atoms with E-state index in [-0.39, 0.29) is 23.8 Å². The molecule has 0 spiro atoms. The van der Waals surface area contributed by atoms with Gasteiger partial charge in [-0.2, -0.15) is 0 Å². The molecule has 1 fully saturated rings. The molecule has 1 aliphatic rings. The van der Waals surface area contributed by atoms with Crippen molar-refractivity contribution in [3.63, 3.8) is 0 Å². The Labute approximate surface area is 197 Å². The molecular formula is C25H28N4O3S. The van der Waals surface area contributed by atoms with E-state index < -0.39 is 0 Å². The predicted octanol–water partition coefficient (Wildman–Crippen LogP) is 4.55. The molecule has 172 valence electrons. The summed E-state index contributed by atoms with van der Waals surface area (Å²) >= 11 is 1.43. The van der Waals surface area contributed by atoms with Crippen molar-refractivity contribution < 1.29 is 14.3 Å². The molecule has 3 aromatic rings. The van der Waals surface area contributed by atoms with Gasteiger partial charge < -0.3 is 20.7 Å². The number of nitrogens with zero attached hydrogens (tertiary/aromatic N) is 2. The van der Waals surface area contributed by atoms with Gasteiger partial charge in [-0.05, 0) is 75.2 Å². The zero-order valence-electron chi connectivity index (χ0n) is 18.8. The van der Waals surface area contributed by atoms with Crippen LogP contribution in [-0.2, 0) is 4.79 Å². The third-order valence-electron chi connectivity index (χ3n) is 5.60. The van der Waals surface area contributed by atoms with Gasteiger partial charge in [0.1, 0.15) is 16.5 Å². The largest absolute Gasteiger partial charge is 0.491 e. The van der Waals surface area contributed by atoms with Crippen LogP contribution >= 0.6 is 11.3 Å². The SMILES string of the molecule is CC(C)Oc1ccc(-c2nc(C(=O)Nc3ccc(N4CCC(C(N)=O)CC4)cc3)cs2)cc1. The minimum absolute atomic E-state index is 0.0332. The molecule has 1 saturated heterocycles. The Kier molecular flexibility index (Phi) is 6.93. The maximum atomic E-state index is 12.7. The molecule has 3 N–H and O–H groups in total. The lowest BCUT2D eigenvalue weighted by atomic mass is 9.96. The highest BCUT2D eigenvalue weighted by Gasteiger charge is 2.23. The van der Waals surface area contributed by atoms with Crippen molar-refractivity contribution in [2.24, 2.45) is 11.7 Å². The van der Waals surface area contributed by atoms with Gasteiger partial charge in [-0.1, -0.05) is 0 Å². The van der Waals surface area contributed by atoms with Crippen LogP contribution in [0.15, 0.2) is 53.9 Å². The number of amides is 2. The number of thiazole rings is 1. The first-order valence-electron chi connectivity index (χ1n) is 11.1. The Morgan fingerprint density at radius 3 is 2.36 bits per heavy atom. The summed E-state index contributed by atoms with van der Waals surface area (Å²) in [6.45, 7) is 5.57. The van der Waals surface area contributed by atoms with E-state index in [9.17, 15) is 9.59 Å². The van der Waals surface area contributed by atoms with E-state index in [1.54, 1.807) is 5.38 Å². The van der Waals surface area contributed by atoms with Gasteiger partial charge in [0, 0.05) is 41.3 Å². The fraction of sp³-hybridized carbons (Fsp3) is 0.320. The second-order valence-corrected chi connectivity index (χ2v) is 9.25. The van der Waals surface area contributed by atoms with Gasteiger partial charge in [0.2, 0.25) is 5.91 Å². The summed E-state index contributed by atoms with van der Waals surface area (Å²) in [5, 5.41) is 5.46. The molecule has 0 unspecified atom stereocenters. The third kappa shape index (κ3) is 5.70. The van der Waals surface area contributed by atoms with Crippen LogP contribution in [-0.4, -0.2) is 36.0 Å². The molecule has 4 rings (SSSR count). The zero-order chi connectivity index (χ0) is 23.4. The second-order valence-electron chi connectivity index (χ2n) is 8.39. The number of hydrogen-bond donors (Lipinski definition) is 2. The Morgan fingerprint density at radius 2 is 1.76 bits per heavy atom. The molecule has 0 atom stereocenters. The summed E-state index contributed by atoms with van der Waals surface area (Å²) in [7, 11) is 0. The molecule has 2 heterocycles. The Bertz CT molecular complexity index is 1100. The number of ether oxygens (including phenoxy) is 1. The van der Waals surface area contributed by atoms with Crippen LogP contribution in [0.2, 0.25) is 0 Å².